The fraction of sp³-hybridized carbons (Fsp3) is 0.500. The molecule has 0 heterocycles. The molecule has 0 bridgehead atoms. The van der Waals surface area contributed by atoms with Crippen molar-refractivity contribution in [3.8, 4) is 0 Å². The Kier molecular flexibility index (Phi) is 3.62. The van der Waals surface area contributed by atoms with Crippen molar-refractivity contribution in [2.75, 3.05) is 0 Å². The van der Waals surface area contributed by atoms with Gasteiger partial charge in [0.2, 0.25) is 0 Å². The van der Waals surface area contributed by atoms with E-state index in [2.05, 4.69) is 37.3 Å². The summed E-state index contributed by atoms with van der Waals surface area (Å²) in [6.07, 6.45) is 0. The molecular weight excluding hydrogens is 124 g/mol. The summed E-state index contributed by atoms with van der Waals surface area (Å²) < 4.78 is 0. The molecule has 0 aromatic heterocycles. The van der Waals surface area contributed by atoms with Gasteiger partial charge in [-0.1, -0.05) is 13.8 Å². The lowest BCUT2D eigenvalue weighted by Crippen LogP contribution is -1.92. The van der Waals surface area contributed by atoms with Crippen molar-refractivity contribution < 1.29 is 0 Å². The molecule has 10 heavy (non-hydrogen) atoms. The maximum atomic E-state index is 3.85. The first-order valence-electron chi connectivity index (χ1n) is 3.27. The lowest BCUT2D eigenvalue weighted by Gasteiger charge is -2.05. The Balaban J connectivity index is 4.61. The molecule has 0 aliphatic rings. The van der Waals surface area contributed by atoms with E-state index >= 15 is 0 Å². The number of hydrogen-bond donors (Lipinski definition) is 0. The SMILES string of the molecule is C=N/C(C)=C(\N=C)C(C)C. The minimum atomic E-state index is 0.378. The zero-order valence-electron chi connectivity index (χ0n) is 6.89. The summed E-state index contributed by atoms with van der Waals surface area (Å²) in [7, 11) is 0. The van der Waals surface area contributed by atoms with E-state index in [4.69, 9.17) is 0 Å². The van der Waals surface area contributed by atoms with Gasteiger partial charge in [0.15, 0.2) is 0 Å². The maximum Gasteiger partial charge on any atom is 0.0633 e. The van der Waals surface area contributed by atoms with Crippen LogP contribution in [-0.4, -0.2) is 13.4 Å². The highest BCUT2D eigenvalue weighted by Crippen LogP contribution is 2.15. The largest absolute Gasteiger partial charge is 0.267 e. The lowest BCUT2D eigenvalue weighted by molar-refractivity contribution is 0.745. The van der Waals surface area contributed by atoms with Crippen LogP contribution in [0.4, 0.5) is 0 Å². The van der Waals surface area contributed by atoms with E-state index in [9.17, 15) is 0 Å². The van der Waals surface area contributed by atoms with Crippen molar-refractivity contribution in [3.05, 3.63) is 11.4 Å². The first-order valence-corrected chi connectivity index (χ1v) is 3.27. The van der Waals surface area contributed by atoms with Gasteiger partial charge in [0, 0.05) is 0 Å². The van der Waals surface area contributed by atoms with Crippen LogP contribution in [0.2, 0.25) is 0 Å². The standard InChI is InChI=1S/C8H14N2/c1-6(2)8(10-5)7(3)9-4/h6H,4-5H2,1-3H3/b8-7-. The van der Waals surface area contributed by atoms with Crippen LogP contribution in [0.3, 0.4) is 0 Å². The quantitative estimate of drug-likeness (QED) is 0.534. The van der Waals surface area contributed by atoms with Gasteiger partial charge in [0.05, 0.1) is 11.4 Å². The van der Waals surface area contributed by atoms with Gasteiger partial charge in [-0.3, -0.25) is 9.98 Å². The van der Waals surface area contributed by atoms with E-state index in [1.807, 2.05) is 6.92 Å². The van der Waals surface area contributed by atoms with Crippen molar-refractivity contribution in [1.82, 2.24) is 0 Å². The minimum absolute atomic E-state index is 0.378. The van der Waals surface area contributed by atoms with Crippen LogP contribution < -0.4 is 0 Å². The summed E-state index contributed by atoms with van der Waals surface area (Å²) in [5, 5.41) is 0. The molecule has 0 aliphatic carbocycles. The highest BCUT2D eigenvalue weighted by Gasteiger charge is 2.02. The van der Waals surface area contributed by atoms with E-state index in [0.717, 1.165) is 11.4 Å². The Morgan fingerprint density at radius 1 is 1.20 bits per heavy atom. The van der Waals surface area contributed by atoms with Crippen LogP contribution in [0.1, 0.15) is 20.8 Å². The summed E-state index contributed by atoms with van der Waals surface area (Å²) in [4.78, 5) is 7.63. The number of rotatable bonds is 3. The number of allylic oxidation sites excluding steroid dienone is 2. The van der Waals surface area contributed by atoms with Gasteiger partial charge in [-0.15, -0.1) is 0 Å². The van der Waals surface area contributed by atoms with Crippen molar-refractivity contribution in [2.24, 2.45) is 15.9 Å². The highest BCUT2D eigenvalue weighted by atomic mass is 14.8. The predicted molar refractivity (Wildman–Crippen MR) is 46.6 cm³/mol. The Morgan fingerprint density at radius 2 is 1.70 bits per heavy atom. The summed E-state index contributed by atoms with van der Waals surface area (Å²) in [6.45, 7) is 12.9. The minimum Gasteiger partial charge on any atom is -0.267 e. The summed E-state index contributed by atoms with van der Waals surface area (Å²) in [6, 6.07) is 0. The van der Waals surface area contributed by atoms with Crippen LogP contribution >= 0.6 is 0 Å². The van der Waals surface area contributed by atoms with Crippen molar-refractivity contribution in [2.45, 2.75) is 20.8 Å². The Morgan fingerprint density at radius 3 is 1.80 bits per heavy atom. The Hall–Kier alpha value is -0.920. The normalized spacial score (nSPS) is 12.8. The van der Waals surface area contributed by atoms with Gasteiger partial charge in [0.1, 0.15) is 0 Å². The molecule has 0 unspecified atom stereocenters. The van der Waals surface area contributed by atoms with Crippen molar-refractivity contribution in [1.29, 1.82) is 0 Å². The average Bonchev–Trinajstić information content (AvgIpc) is 1.88. The Labute approximate surface area is 62.4 Å². The van der Waals surface area contributed by atoms with Gasteiger partial charge >= 0.3 is 0 Å². The zero-order chi connectivity index (χ0) is 8.15. The predicted octanol–water partition coefficient (Wildman–Crippen LogP) is 2.28. The summed E-state index contributed by atoms with van der Waals surface area (Å²) in [5.74, 6) is 0.378. The molecule has 0 aromatic carbocycles. The molecule has 2 nitrogen and oxygen atoms in total. The second kappa shape index (κ2) is 3.99. The molecule has 0 aliphatic heterocycles. The van der Waals surface area contributed by atoms with Crippen LogP contribution in [0.25, 0.3) is 0 Å². The fourth-order valence-electron chi connectivity index (χ4n) is 0.796. The molecule has 0 amide bonds. The Bertz CT molecular complexity index is 166. The smallest absolute Gasteiger partial charge is 0.0633 e. The topological polar surface area (TPSA) is 24.7 Å². The lowest BCUT2D eigenvalue weighted by atomic mass is 10.1. The van der Waals surface area contributed by atoms with E-state index in [0.29, 0.717) is 5.92 Å². The van der Waals surface area contributed by atoms with Crippen LogP contribution in [0.5, 0.6) is 0 Å². The molecule has 56 valence electrons. The molecule has 2 heteroatoms. The number of aliphatic imine (C=N–C) groups is 2. The molecule has 0 atom stereocenters. The van der Waals surface area contributed by atoms with Gasteiger partial charge in [-0.05, 0) is 26.3 Å². The molecule has 0 spiro atoms. The molecule has 0 saturated heterocycles. The second-order valence-electron chi connectivity index (χ2n) is 2.44. The van der Waals surface area contributed by atoms with Gasteiger partial charge < -0.3 is 0 Å². The van der Waals surface area contributed by atoms with E-state index in [1.165, 1.54) is 0 Å². The zero-order valence-corrected chi connectivity index (χ0v) is 6.89. The third kappa shape index (κ3) is 2.13. The molecular formula is C8H14N2. The van der Waals surface area contributed by atoms with Crippen molar-refractivity contribution in [3.63, 3.8) is 0 Å². The van der Waals surface area contributed by atoms with E-state index in [-0.39, 0.29) is 0 Å². The molecule has 0 radical (unpaired) electrons. The summed E-state index contributed by atoms with van der Waals surface area (Å²) >= 11 is 0. The molecule has 0 saturated carbocycles. The first-order chi connectivity index (χ1) is 4.63. The average molecular weight is 138 g/mol. The number of nitrogens with zero attached hydrogens (tertiary/aromatic N) is 2. The monoisotopic (exact) mass is 138 g/mol. The first kappa shape index (κ1) is 9.08. The molecule has 0 rings (SSSR count). The van der Waals surface area contributed by atoms with E-state index in [1.54, 1.807) is 0 Å². The van der Waals surface area contributed by atoms with Crippen LogP contribution in [0.15, 0.2) is 21.4 Å². The van der Waals surface area contributed by atoms with E-state index < -0.39 is 0 Å². The van der Waals surface area contributed by atoms with Crippen molar-refractivity contribution >= 4 is 13.4 Å². The maximum absolute atomic E-state index is 3.85. The molecule has 0 N–H and O–H groups in total. The van der Waals surface area contributed by atoms with Gasteiger partial charge in [-0.2, -0.15) is 0 Å². The van der Waals surface area contributed by atoms with Gasteiger partial charge in [0.25, 0.3) is 0 Å². The number of hydrogen-bond acceptors (Lipinski definition) is 2. The summed E-state index contributed by atoms with van der Waals surface area (Å²) in [5.41, 5.74) is 1.79. The van der Waals surface area contributed by atoms with Crippen LogP contribution in [0, 0.1) is 5.92 Å². The highest BCUT2D eigenvalue weighted by molar-refractivity contribution is 5.34. The van der Waals surface area contributed by atoms with Gasteiger partial charge in [-0.25, -0.2) is 0 Å². The third-order valence-corrected chi connectivity index (χ3v) is 1.33. The molecule has 0 fully saturated rings. The molecule has 0 aromatic rings. The third-order valence-electron chi connectivity index (χ3n) is 1.33. The fourth-order valence-corrected chi connectivity index (χ4v) is 0.796. The van der Waals surface area contributed by atoms with Crippen LogP contribution in [-0.2, 0) is 0 Å². The second-order valence-corrected chi connectivity index (χ2v) is 2.44.